The third kappa shape index (κ3) is 25.4. The highest BCUT2D eigenvalue weighted by molar-refractivity contribution is 5.15. The molecule has 0 saturated heterocycles. The Morgan fingerprint density at radius 3 is 1.16 bits per heavy atom. The van der Waals surface area contributed by atoms with Gasteiger partial charge in [0.1, 0.15) is 18.4 Å². The second-order valence-electron chi connectivity index (χ2n) is 16.3. The molecule has 0 bridgehead atoms. The van der Waals surface area contributed by atoms with E-state index in [9.17, 15) is 0 Å². The average Bonchev–Trinajstić information content (AvgIpc) is 3.68. The number of hydrogen-bond donors (Lipinski definition) is 1. The first-order valence-electron chi connectivity index (χ1n) is 22.9. The van der Waals surface area contributed by atoms with E-state index in [0.717, 1.165) is 0 Å². The lowest BCUT2D eigenvalue weighted by Gasteiger charge is -2.25. The SMILES string of the molecule is CCCCCCCCCCCCCCCCCCCC(Cc1ccccc1)C(CCCCCCCCCCCCCCCCC)[n+]1cc[nH]c1. The van der Waals surface area contributed by atoms with Gasteiger partial charge in [0.25, 0.3) is 0 Å². The van der Waals surface area contributed by atoms with Crippen molar-refractivity contribution in [3.05, 3.63) is 54.6 Å². The topological polar surface area (TPSA) is 19.7 Å². The molecule has 2 rings (SSSR count). The maximum Gasteiger partial charge on any atom is 0.241 e. The van der Waals surface area contributed by atoms with Crippen molar-refractivity contribution in [2.24, 2.45) is 5.92 Å². The molecule has 0 aliphatic rings. The minimum atomic E-state index is 0.601. The van der Waals surface area contributed by atoms with Gasteiger partial charge in [0.05, 0.1) is 0 Å². The Balaban J connectivity index is 1.60. The first kappa shape index (κ1) is 44.6. The van der Waals surface area contributed by atoms with Crippen LogP contribution < -0.4 is 4.57 Å². The summed E-state index contributed by atoms with van der Waals surface area (Å²) in [5, 5.41) is 0. The molecule has 2 unspecified atom stereocenters. The number of imidazole rings is 1. The van der Waals surface area contributed by atoms with Gasteiger partial charge in [0, 0.05) is 5.92 Å². The Morgan fingerprint density at radius 1 is 0.440 bits per heavy atom. The van der Waals surface area contributed by atoms with Crippen molar-refractivity contribution < 1.29 is 4.57 Å². The van der Waals surface area contributed by atoms with E-state index < -0.39 is 0 Å². The molecule has 50 heavy (non-hydrogen) atoms. The minimum absolute atomic E-state index is 0.601. The molecule has 0 amide bonds. The zero-order valence-corrected chi connectivity index (χ0v) is 34.0. The van der Waals surface area contributed by atoms with Gasteiger partial charge in [-0.05, 0) is 31.2 Å². The number of aromatic nitrogens is 2. The Morgan fingerprint density at radius 2 is 0.800 bits per heavy atom. The van der Waals surface area contributed by atoms with Gasteiger partial charge < -0.3 is 0 Å². The van der Waals surface area contributed by atoms with Crippen molar-refractivity contribution in [3.8, 4) is 0 Å². The summed E-state index contributed by atoms with van der Waals surface area (Å²) >= 11 is 0. The maximum absolute atomic E-state index is 3.37. The molecule has 2 atom stereocenters. The number of benzene rings is 1. The summed E-state index contributed by atoms with van der Waals surface area (Å²) in [6.07, 6.45) is 56.7. The van der Waals surface area contributed by atoms with Gasteiger partial charge in [0.15, 0.2) is 0 Å². The summed E-state index contributed by atoms with van der Waals surface area (Å²) in [6.45, 7) is 4.62. The Hall–Kier alpha value is -1.57. The molecule has 0 aliphatic carbocycles. The first-order chi connectivity index (χ1) is 24.8. The predicted molar refractivity (Wildman–Crippen MR) is 222 cm³/mol. The second kappa shape index (κ2) is 34.5. The number of hydrogen-bond acceptors (Lipinski definition) is 0. The van der Waals surface area contributed by atoms with Crippen LogP contribution >= 0.6 is 0 Å². The molecule has 2 heteroatoms. The van der Waals surface area contributed by atoms with Gasteiger partial charge in [-0.15, -0.1) is 0 Å². The van der Waals surface area contributed by atoms with E-state index >= 15 is 0 Å². The Kier molecular flexibility index (Phi) is 30.8. The van der Waals surface area contributed by atoms with Crippen molar-refractivity contribution in [2.75, 3.05) is 0 Å². The standard InChI is InChI=1S/C48H86N2/c1-3-5-7-9-11-13-15-17-19-20-22-23-25-27-29-31-36-40-47(44-46-38-34-33-35-39-46)48(50-43-42-49-45-50)41-37-32-30-28-26-24-21-18-16-14-12-10-8-6-4-2/h33-35,38-39,42-43,45,47-48H,3-32,36-37,40-41,44H2,1-2H3/p+1. The summed E-state index contributed by atoms with van der Waals surface area (Å²) in [4.78, 5) is 3.37. The quantitative estimate of drug-likeness (QED) is 0.0534. The van der Waals surface area contributed by atoms with Crippen LogP contribution in [0.25, 0.3) is 0 Å². The fraction of sp³-hybridized carbons (Fsp3) is 0.812. The molecular formula is C48H87N2+. The van der Waals surface area contributed by atoms with Crippen LogP contribution in [0.5, 0.6) is 0 Å². The molecule has 288 valence electrons. The molecule has 1 aromatic heterocycles. The fourth-order valence-corrected chi connectivity index (χ4v) is 8.34. The zero-order chi connectivity index (χ0) is 35.4. The number of nitrogens with zero attached hydrogens (tertiary/aromatic N) is 1. The van der Waals surface area contributed by atoms with Crippen LogP contribution in [0.3, 0.4) is 0 Å². The fourth-order valence-electron chi connectivity index (χ4n) is 8.34. The van der Waals surface area contributed by atoms with Crippen LogP contribution in [0, 0.1) is 5.92 Å². The highest BCUT2D eigenvalue weighted by Gasteiger charge is 2.26. The lowest BCUT2D eigenvalue weighted by Crippen LogP contribution is -2.42. The molecule has 2 aromatic rings. The third-order valence-corrected chi connectivity index (χ3v) is 11.6. The molecule has 0 saturated carbocycles. The molecule has 0 aliphatic heterocycles. The zero-order valence-electron chi connectivity index (χ0n) is 34.0. The first-order valence-corrected chi connectivity index (χ1v) is 22.9. The van der Waals surface area contributed by atoms with Crippen molar-refractivity contribution in [1.29, 1.82) is 0 Å². The molecule has 0 radical (unpaired) electrons. The largest absolute Gasteiger partial charge is 0.250 e. The normalized spacial score (nSPS) is 12.8. The Labute approximate surface area is 313 Å². The van der Waals surface area contributed by atoms with E-state index in [-0.39, 0.29) is 0 Å². The summed E-state index contributed by atoms with van der Waals surface area (Å²) < 4.78 is 2.52. The predicted octanol–water partition coefficient (Wildman–Crippen LogP) is 16.0. The van der Waals surface area contributed by atoms with Gasteiger partial charge in [0.2, 0.25) is 6.33 Å². The third-order valence-electron chi connectivity index (χ3n) is 11.6. The van der Waals surface area contributed by atoms with Crippen molar-refractivity contribution >= 4 is 0 Å². The average molecular weight is 692 g/mol. The van der Waals surface area contributed by atoms with E-state index in [1.165, 1.54) is 230 Å². The van der Waals surface area contributed by atoms with Gasteiger partial charge in [-0.25, -0.2) is 4.57 Å². The highest BCUT2D eigenvalue weighted by atomic mass is 15.1. The molecule has 1 aromatic carbocycles. The van der Waals surface area contributed by atoms with Crippen LogP contribution in [-0.2, 0) is 6.42 Å². The number of unbranched alkanes of at least 4 members (excludes halogenated alkanes) is 30. The number of aromatic amines is 1. The van der Waals surface area contributed by atoms with Crippen LogP contribution in [0.4, 0.5) is 0 Å². The van der Waals surface area contributed by atoms with E-state index in [1.54, 1.807) is 0 Å². The molecule has 2 nitrogen and oxygen atoms in total. The number of H-pyrrole nitrogens is 1. The van der Waals surface area contributed by atoms with E-state index in [0.29, 0.717) is 12.0 Å². The lowest BCUT2D eigenvalue weighted by atomic mass is 9.84. The van der Waals surface area contributed by atoms with Crippen LogP contribution in [-0.4, -0.2) is 4.98 Å². The molecule has 0 fully saturated rings. The minimum Gasteiger partial charge on any atom is -0.250 e. The van der Waals surface area contributed by atoms with Gasteiger partial charge in [-0.2, -0.15) is 0 Å². The van der Waals surface area contributed by atoms with E-state index in [2.05, 4.69) is 72.5 Å². The maximum atomic E-state index is 3.37. The Bertz CT molecular complexity index is 905. The summed E-state index contributed by atoms with van der Waals surface area (Å²) in [5.74, 6) is 0.709. The highest BCUT2D eigenvalue weighted by Crippen LogP contribution is 2.29. The molecule has 1 heterocycles. The summed E-state index contributed by atoms with van der Waals surface area (Å²) in [5.41, 5.74) is 1.52. The molecule has 0 spiro atoms. The van der Waals surface area contributed by atoms with Crippen LogP contribution in [0.1, 0.15) is 244 Å². The number of rotatable bonds is 38. The summed E-state index contributed by atoms with van der Waals surface area (Å²) in [6, 6.07) is 11.9. The van der Waals surface area contributed by atoms with Gasteiger partial charge in [-0.3, -0.25) is 4.98 Å². The molecular weight excluding hydrogens is 605 g/mol. The lowest BCUT2D eigenvalue weighted by molar-refractivity contribution is -0.730. The van der Waals surface area contributed by atoms with Crippen molar-refractivity contribution in [3.63, 3.8) is 0 Å². The monoisotopic (exact) mass is 692 g/mol. The van der Waals surface area contributed by atoms with Crippen molar-refractivity contribution in [1.82, 2.24) is 4.98 Å². The van der Waals surface area contributed by atoms with E-state index in [1.807, 2.05) is 0 Å². The van der Waals surface area contributed by atoms with Gasteiger partial charge >= 0.3 is 0 Å². The summed E-state index contributed by atoms with van der Waals surface area (Å²) in [7, 11) is 0. The smallest absolute Gasteiger partial charge is 0.241 e. The van der Waals surface area contributed by atoms with Crippen LogP contribution in [0.2, 0.25) is 0 Å². The molecule has 1 N–H and O–H groups in total. The van der Waals surface area contributed by atoms with Gasteiger partial charge in [-0.1, -0.05) is 243 Å². The second-order valence-corrected chi connectivity index (χ2v) is 16.3. The van der Waals surface area contributed by atoms with Crippen LogP contribution in [0.15, 0.2) is 49.1 Å². The number of nitrogens with one attached hydrogen (secondary N) is 1. The van der Waals surface area contributed by atoms with E-state index in [4.69, 9.17) is 0 Å². The van der Waals surface area contributed by atoms with Crippen molar-refractivity contribution in [2.45, 2.75) is 245 Å².